The van der Waals surface area contributed by atoms with E-state index in [1.807, 2.05) is 0 Å². The van der Waals surface area contributed by atoms with E-state index >= 15 is 0 Å². The Labute approximate surface area is 96.2 Å². The normalized spacial score (nSPS) is 46.9. The van der Waals surface area contributed by atoms with Gasteiger partial charge in [0.25, 0.3) is 0 Å². The van der Waals surface area contributed by atoms with Crippen LogP contribution in [0.25, 0.3) is 0 Å². The summed E-state index contributed by atoms with van der Waals surface area (Å²) in [7, 11) is 0. The molecule has 0 spiro atoms. The van der Waals surface area contributed by atoms with Crippen LogP contribution in [-0.2, 0) is 4.79 Å². The predicted molar refractivity (Wildman–Crippen MR) is 60.2 cm³/mol. The van der Waals surface area contributed by atoms with Gasteiger partial charge in [-0.3, -0.25) is 14.6 Å². The number of hydrogen-bond donors (Lipinski definition) is 1. The van der Waals surface area contributed by atoms with Crippen LogP contribution < -0.4 is 0 Å². The number of likely N-dealkylation sites (tertiary alicyclic amines) is 1. The molecule has 1 N–H and O–H groups in total. The first-order valence-electron chi connectivity index (χ1n) is 6.43. The third-order valence-corrected chi connectivity index (χ3v) is 4.86. The van der Waals surface area contributed by atoms with Gasteiger partial charge >= 0.3 is 5.97 Å². The van der Waals surface area contributed by atoms with Crippen LogP contribution in [0.3, 0.4) is 0 Å². The highest BCUT2D eigenvalue weighted by Gasteiger charge is 2.54. The van der Waals surface area contributed by atoms with Gasteiger partial charge in [-0.15, -0.1) is 0 Å². The molecular weight excluding hydrogens is 204 g/mol. The first-order chi connectivity index (χ1) is 7.72. The lowest BCUT2D eigenvalue weighted by Gasteiger charge is -2.48. The number of carboxylic acid groups (broad SMARTS) is 1. The van der Waals surface area contributed by atoms with E-state index in [9.17, 15) is 9.90 Å². The van der Waals surface area contributed by atoms with Gasteiger partial charge in [0.2, 0.25) is 0 Å². The van der Waals surface area contributed by atoms with Crippen molar-refractivity contribution in [1.82, 2.24) is 9.80 Å². The number of aliphatic carboxylic acids is 1. The molecule has 4 heterocycles. The molecule has 90 valence electrons. The largest absolute Gasteiger partial charge is 0.480 e. The van der Waals surface area contributed by atoms with Gasteiger partial charge in [-0.05, 0) is 44.3 Å². The van der Waals surface area contributed by atoms with Crippen molar-refractivity contribution >= 4 is 5.97 Å². The Hall–Kier alpha value is -0.610. The van der Waals surface area contributed by atoms with Crippen molar-refractivity contribution in [3.8, 4) is 0 Å². The SMILES string of the molecule is CCN1CC2C3CCN(CC3)C2C1C(=O)O. The van der Waals surface area contributed by atoms with Crippen LogP contribution in [-0.4, -0.2) is 59.1 Å². The van der Waals surface area contributed by atoms with Gasteiger partial charge in [0, 0.05) is 12.6 Å². The fraction of sp³-hybridized carbons (Fsp3) is 0.917. The molecule has 4 nitrogen and oxygen atoms in total. The number of piperidine rings is 3. The number of likely N-dealkylation sites (N-methyl/N-ethyl adjacent to an activating group) is 1. The zero-order valence-corrected chi connectivity index (χ0v) is 9.80. The topological polar surface area (TPSA) is 43.8 Å². The summed E-state index contributed by atoms with van der Waals surface area (Å²) in [5, 5.41) is 9.41. The summed E-state index contributed by atoms with van der Waals surface area (Å²) < 4.78 is 0. The maximum Gasteiger partial charge on any atom is 0.322 e. The van der Waals surface area contributed by atoms with Crippen molar-refractivity contribution < 1.29 is 9.90 Å². The molecule has 0 saturated carbocycles. The van der Waals surface area contributed by atoms with Crippen LogP contribution in [0.4, 0.5) is 0 Å². The minimum atomic E-state index is -0.623. The fourth-order valence-corrected chi connectivity index (χ4v) is 4.11. The highest BCUT2D eigenvalue weighted by Crippen LogP contribution is 2.43. The Morgan fingerprint density at radius 2 is 2.06 bits per heavy atom. The van der Waals surface area contributed by atoms with E-state index in [-0.39, 0.29) is 6.04 Å². The van der Waals surface area contributed by atoms with Crippen molar-refractivity contribution in [2.75, 3.05) is 26.2 Å². The van der Waals surface area contributed by atoms with E-state index in [2.05, 4.69) is 16.7 Å². The van der Waals surface area contributed by atoms with Crippen molar-refractivity contribution in [2.45, 2.75) is 31.8 Å². The van der Waals surface area contributed by atoms with Gasteiger partial charge < -0.3 is 5.11 Å². The Balaban J connectivity index is 1.90. The first kappa shape index (κ1) is 10.5. The molecule has 2 bridgehead atoms. The first-order valence-corrected chi connectivity index (χ1v) is 6.43. The van der Waals surface area contributed by atoms with Gasteiger partial charge in [-0.25, -0.2) is 0 Å². The van der Waals surface area contributed by atoms with E-state index in [0.29, 0.717) is 12.0 Å². The van der Waals surface area contributed by atoms with Crippen molar-refractivity contribution in [2.24, 2.45) is 11.8 Å². The lowest BCUT2D eigenvalue weighted by molar-refractivity contribution is -0.145. The quantitative estimate of drug-likeness (QED) is 0.741. The zero-order chi connectivity index (χ0) is 11.3. The van der Waals surface area contributed by atoms with Crippen molar-refractivity contribution in [3.05, 3.63) is 0 Å². The Bertz CT molecular complexity index is 299. The van der Waals surface area contributed by atoms with Crippen molar-refractivity contribution in [1.29, 1.82) is 0 Å². The number of carbonyl (C=O) groups is 1. The standard InChI is InChI=1S/C12H20N2O2/c1-2-13-7-9-8-3-5-14(6-4-8)10(9)11(13)12(15)16/h8-11H,2-7H2,1H3,(H,15,16). The summed E-state index contributed by atoms with van der Waals surface area (Å²) in [5.41, 5.74) is 0. The van der Waals surface area contributed by atoms with Gasteiger partial charge in [0.05, 0.1) is 0 Å². The summed E-state index contributed by atoms with van der Waals surface area (Å²) >= 11 is 0. The zero-order valence-electron chi connectivity index (χ0n) is 9.80. The molecule has 4 heteroatoms. The van der Waals surface area contributed by atoms with Crippen LogP contribution in [0.5, 0.6) is 0 Å². The second-order valence-electron chi connectivity index (χ2n) is 5.40. The van der Waals surface area contributed by atoms with Gasteiger partial charge in [0.1, 0.15) is 6.04 Å². The number of fused-ring (bicyclic) bond motifs is 2. The Kier molecular flexibility index (Phi) is 2.44. The summed E-state index contributed by atoms with van der Waals surface area (Å²) in [6.45, 7) is 6.18. The van der Waals surface area contributed by atoms with Crippen LogP contribution in [0.2, 0.25) is 0 Å². The molecule has 4 rings (SSSR count). The Morgan fingerprint density at radius 3 is 2.62 bits per heavy atom. The van der Waals surface area contributed by atoms with E-state index in [1.54, 1.807) is 0 Å². The maximum atomic E-state index is 11.4. The highest BCUT2D eigenvalue weighted by atomic mass is 16.4. The van der Waals surface area contributed by atoms with Gasteiger partial charge in [0.15, 0.2) is 0 Å². The average molecular weight is 224 g/mol. The van der Waals surface area contributed by atoms with Crippen LogP contribution in [0.15, 0.2) is 0 Å². The molecule has 4 aliphatic rings. The number of hydrogen-bond acceptors (Lipinski definition) is 3. The molecule has 3 atom stereocenters. The number of rotatable bonds is 2. The lowest BCUT2D eigenvalue weighted by Crippen LogP contribution is -2.58. The van der Waals surface area contributed by atoms with E-state index in [0.717, 1.165) is 32.1 Å². The number of nitrogens with zero attached hydrogens (tertiary/aromatic N) is 2. The molecule has 0 radical (unpaired) electrons. The summed E-state index contributed by atoms with van der Waals surface area (Å²) in [4.78, 5) is 16.0. The fourth-order valence-electron chi connectivity index (χ4n) is 4.11. The molecule has 16 heavy (non-hydrogen) atoms. The van der Waals surface area contributed by atoms with Gasteiger partial charge in [-0.1, -0.05) is 6.92 Å². The number of carboxylic acids is 1. The molecule has 4 saturated heterocycles. The molecule has 0 aromatic rings. The third-order valence-electron chi connectivity index (χ3n) is 4.86. The molecule has 0 amide bonds. The Morgan fingerprint density at radius 1 is 1.38 bits per heavy atom. The summed E-state index contributed by atoms with van der Waals surface area (Å²) in [6.07, 6.45) is 2.57. The molecule has 4 fully saturated rings. The molecule has 4 aliphatic heterocycles. The van der Waals surface area contributed by atoms with Crippen LogP contribution in [0.1, 0.15) is 19.8 Å². The predicted octanol–water partition coefficient (Wildman–Crippen LogP) is 0.485. The second kappa shape index (κ2) is 3.70. The van der Waals surface area contributed by atoms with E-state index in [4.69, 9.17) is 0 Å². The monoisotopic (exact) mass is 224 g/mol. The third kappa shape index (κ3) is 1.32. The smallest absolute Gasteiger partial charge is 0.322 e. The van der Waals surface area contributed by atoms with E-state index < -0.39 is 5.97 Å². The highest BCUT2D eigenvalue weighted by molar-refractivity contribution is 5.75. The molecule has 0 aromatic heterocycles. The minimum Gasteiger partial charge on any atom is -0.480 e. The summed E-state index contributed by atoms with van der Waals surface area (Å²) in [5.74, 6) is 0.777. The van der Waals surface area contributed by atoms with Crippen molar-refractivity contribution in [3.63, 3.8) is 0 Å². The van der Waals surface area contributed by atoms with Crippen LogP contribution >= 0.6 is 0 Å². The van der Waals surface area contributed by atoms with E-state index in [1.165, 1.54) is 12.8 Å². The second-order valence-corrected chi connectivity index (χ2v) is 5.40. The van der Waals surface area contributed by atoms with Crippen LogP contribution in [0, 0.1) is 11.8 Å². The van der Waals surface area contributed by atoms with Gasteiger partial charge in [-0.2, -0.15) is 0 Å². The maximum absolute atomic E-state index is 11.4. The minimum absolute atomic E-state index is 0.252. The average Bonchev–Trinajstić information content (AvgIpc) is 2.71. The molecular formula is C12H20N2O2. The molecule has 0 aromatic carbocycles. The lowest BCUT2D eigenvalue weighted by atomic mass is 9.74. The molecule has 0 aliphatic carbocycles. The summed E-state index contributed by atoms with van der Waals surface area (Å²) in [6, 6.07) is 0.0445. The molecule has 3 unspecified atom stereocenters.